The van der Waals surface area contributed by atoms with Crippen LogP contribution in [-0.2, 0) is 6.42 Å². The molecule has 1 amide bonds. The van der Waals surface area contributed by atoms with Gasteiger partial charge in [-0.15, -0.1) is 0 Å². The van der Waals surface area contributed by atoms with Gasteiger partial charge in [0.25, 0.3) is 5.91 Å². The van der Waals surface area contributed by atoms with Crippen molar-refractivity contribution in [2.45, 2.75) is 20.3 Å². The lowest BCUT2D eigenvalue weighted by atomic mass is 10.2. The topological polar surface area (TPSA) is 71.0 Å². The summed E-state index contributed by atoms with van der Waals surface area (Å²) < 4.78 is 0. The fraction of sp³-hybridized carbons (Fsp3) is 0.238. The summed E-state index contributed by atoms with van der Waals surface area (Å²) in [6.45, 7) is 4.38. The van der Waals surface area contributed by atoms with E-state index in [0.29, 0.717) is 23.2 Å². The van der Waals surface area contributed by atoms with Gasteiger partial charge in [-0.25, -0.2) is 9.97 Å². The molecule has 0 aliphatic heterocycles. The molecule has 0 bridgehead atoms. The van der Waals surface area contributed by atoms with Gasteiger partial charge in [0, 0.05) is 42.4 Å². The summed E-state index contributed by atoms with van der Waals surface area (Å²) in [6, 6.07) is 11.1. The molecular weight excluding hydrogens is 374 g/mol. The maximum atomic E-state index is 12.8. The summed E-state index contributed by atoms with van der Waals surface area (Å²) >= 11 is 6.01. The number of rotatable bonds is 6. The number of likely N-dealkylation sites (N-methyl/N-ethyl adjacent to an activating group) is 1. The first kappa shape index (κ1) is 19.8. The molecule has 1 N–H and O–H groups in total. The average Bonchev–Trinajstić information content (AvgIpc) is 2.68. The Kier molecular flexibility index (Phi) is 6.21. The number of benzene rings is 1. The van der Waals surface area contributed by atoms with Gasteiger partial charge in [0.1, 0.15) is 5.69 Å². The molecule has 3 rings (SSSR count). The second kappa shape index (κ2) is 8.80. The lowest BCUT2D eigenvalue weighted by Gasteiger charge is -2.17. The summed E-state index contributed by atoms with van der Waals surface area (Å²) in [5.41, 5.74) is 4.03. The van der Waals surface area contributed by atoms with Gasteiger partial charge in [-0.1, -0.05) is 11.6 Å². The molecule has 0 aliphatic rings. The number of hydrogen-bond donors (Lipinski definition) is 1. The molecule has 0 aliphatic carbocycles. The number of anilines is 2. The highest BCUT2D eigenvalue weighted by Crippen LogP contribution is 2.22. The molecule has 0 saturated carbocycles. The van der Waals surface area contributed by atoms with Crippen LogP contribution >= 0.6 is 11.6 Å². The molecular formula is C21H22ClN5O. The minimum Gasteiger partial charge on any atom is -0.340 e. The molecule has 3 aromatic rings. The van der Waals surface area contributed by atoms with Crippen molar-refractivity contribution < 1.29 is 4.79 Å². The fourth-order valence-electron chi connectivity index (χ4n) is 2.77. The Morgan fingerprint density at radius 3 is 2.57 bits per heavy atom. The van der Waals surface area contributed by atoms with Crippen LogP contribution in [0.15, 0.2) is 48.8 Å². The van der Waals surface area contributed by atoms with Gasteiger partial charge < -0.3 is 10.2 Å². The van der Waals surface area contributed by atoms with E-state index in [1.165, 1.54) is 0 Å². The molecule has 0 saturated heterocycles. The van der Waals surface area contributed by atoms with Gasteiger partial charge in [0.15, 0.2) is 0 Å². The predicted molar refractivity (Wildman–Crippen MR) is 111 cm³/mol. The second-order valence-corrected chi connectivity index (χ2v) is 7.07. The Hall–Kier alpha value is -2.99. The van der Waals surface area contributed by atoms with Crippen molar-refractivity contribution in [1.82, 2.24) is 19.9 Å². The fourth-order valence-corrected chi connectivity index (χ4v) is 2.99. The van der Waals surface area contributed by atoms with Gasteiger partial charge in [-0.3, -0.25) is 9.78 Å². The van der Waals surface area contributed by atoms with Crippen LogP contribution in [0.5, 0.6) is 0 Å². The van der Waals surface area contributed by atoms with E-state index in [2.05, 4.69) is 20.3 Å². The van der Waals surface area contributed by atoms with E-state index < -0.39 is 0 Å². The van der Waals surface area contributed by atoms with Crippen LogP contribution in [0.2, 0.25) is 5.02 Å². The van der Waals surface area contributed by atoms with E-state index in [0.717, 1.165) is 28.9 Å². The van der Waals surface area contributed by atoms with Crippen molar-refractivity contribution in [2.75, 3.05) is 18.9 Å². The SMILES string of the molecule is Cc1cc(C(=O)N(C)CCc2ccncc2)nc(Nc2ccc(Cl)cc2C)n1. The van der Waals surface area contributed by atoms with Gasteiger partial charge in [-0.05, 0) is 67.8 Å². The van der Waals surface area contributed by atoms with Crippen molar-refractivity contribution in [3.8, 4) is 0 Å². The number of hydrogen-bond acceptors (Lipinski definition) is 5. The number of nitrogens with one attached hydrogen (secondary N) is 1. The summed E-state index contributed by atoms with van der Waals surface area (Å²) in [5.74, 6) is 0.242. The smallest absolute Gasteiger partial charge is 0.272 e. The first-order valence-corrected chi connectivity index (χ1v) is 9.33. The van der Waals surface area contributed by atoms with E-state index in [4.69, 9.17) is 11.6 Å². The Bertz CT molecular complexity index is 978. The molecule has 0 radical (unpaired) electrons. The first-order chi connectivity index (χ1) is 13.4. The number of carbonyl (C=O) groups excluding carboxylic acids is 1. The van der Waals surface area contributed by atoms with Crippen molar-refractivity contribution >= 4 is 29.1 Å². The van der Waals surface area contributed by atoms with Gasteiger partial charge >= 0.3 is 0 Å². The molecule has 7 heteroatoms. The van der Waals surface area contributed by atoms with Crippen LogP contribution in [0.25, 0.3) is 0 Å². The number of aryl methyl sites for hydroxylation is 2. The molecule has 0 atom stereocenters. The minimum atomic E-state index is -0.143. The molecule has 6 nitrogen and oxygen atoms in total. The van der Waals surface area contributed by atoms with E-state index >= 15 is 0 Å². The molecule has 0 fully saturated rings. The zero-order valence-corrected chi connectivity index (χ0v) is 16.9. The van der Waals surface area contributed by atoms with Crippen molar-refractivity contribution in [1.29, 1.82) is 0 Å². The maximum absolute atomic E-state index is 12.8. The molecule has 0 spiro atoms. The third-order valence-electron chi connectivity index (χ3n) is 4.34. The van der Waals surface area contributed by atoms with E-state index in [-0.39, 0.29) is 5.91 Å². The third kappa shape index (κ3) is 5.04. The highest BCUT2D eigenvalue weighted by Gasteiger charge is 2.16. The summed E-state index contributed by atoms with van der Waals surface area (Å²) in [7, 11) is 1.78. The Balaban J connectivity index is 1.73. The lowest BCUT2D eigenvalue weighted by Crippen LogP contribution is -2.30. The molecule has 0 unspecified atom stereocenters. The van der Waals surface area contributed by atoms with E-state index in [9.17, 15) is 4.79 Å². The number of pyridine rings is 1. The quantitative estimate of drug-likeness (QED) is 0.677. The third-order valence-corrected chi connectivity index (χ3v) is 4.58. The van der Waals surface area contributed by atoms with Crippen LogP contribution in [0.4, 0.5) is 11.6 Å². The van der Waals surface area contributed by atoms with Crippen molar-refractivity contribution in [3.63, 3.8) is 0 Å². The van der Waals surface area contributed by atoms with E-state index in [1.807, 2.05) is 38.1 Å². The molecule has 2 aromatic heterocycles. The number of aromatic nitrogens is 3. The number of carbonyl (C=O) groups is 1. The number of nitrogens with zero attached hydrogens (tertiary/aromatic N) is 4. The van der Waals surface area contributed by atoms with Crippen LogP contribution in [0.1, 0.15) is 27.3 Å². The molecule has 144 valence electrons. The standard InChI is InChI=1S/C21H22ClN5O/c1-14-12-17(22)4-5-18(14)25-21-24-15(2)13-19(26-21)20(28)27(3)11-8-16-6-9-23-10-7-16/h4-7,9-10,12-13H,8,11H2,1-3H3,(H,24,25,26). The van der Waals surface area contributed by atoms with Gasteiger partial charge in [-0.2, -0.15) is 0 Å². The second-order valence-electron chi connectivity index (χ2n) is 6.63. The highest BCUT2D eigenvalue weighted by molar-refractivity contribution is 6.30. The Labute approximate surface area is 169 Å². The Morgan fingerprint density at radius 2 is 1.86 bits per heavy atom. The van der Waals surface area contributed by atoms with Crippen LogP contribution in [0.3, 0.4) is 0 Å². The Morgan fingerprint density at radius 1 is 1.11 bits per heavy atom. The number of halogens is 1. The molecule has 28 heavy (non-hydrogen) atoms. The highest BCUT2D eigenvalue weighted by atomic mass is 35.5. The summed E-state index contributed by atoms with van der Waals surface area (Å²) in [6.07, 6.45) is 4.26. The minimum absolute atomic E-state index is 0.143. The summed E-state index contributed by atoms with van der Waals surface area (Å²) in [4.78, 5) is 27.3. The van der Waals surface area contributed by atoms with Crippen LogP contribution < -0.4 is 5.32 Å². The zero-order valence-electron chi connectivity index (χ0n) is 16.1. The number of amides is 1. The van der Waals surface area contributed by atoms with Crippen LogP contribution in [0, 0.1) is 13.8 Å². The normalized spacial score (nSPS) is 10.6. The first-order valence-electron chi connectivity index (χ1n) is 8.95. The zero-order chi connectivity index (χ0) is 20.1. The van der Waals surface area contributed by atoms with E-state index in [1.54, 1.807) is 36.5 Å². The molecule has 2 heterocycles. The van der Waals surface area contributed by atoms with Gasteiger partial charge in [0.05, 0.1) is 0 Å². The monoisotopic (exact) mass is 395 g/mol. The van der Waals surface area contributed by atoms with Crippen molar-refractivity contribution in [2.24, 2.45) is 0 Å². The maximum Gasteiger partial charge on any atom is 0.272 e. The van der Waals surface area contributed by atoms with Gasteiger partial charge in [0.2, 0.25) is 5.95 Å². The largest absolute Gasteiger partial charge is 0.340 e. The lowest BCUT2D eigenvalue weighted by molar-refractivity contribution is 0.0790. The van der Waals surface area contributed by atoms with Crippen LogP contribution in [-0.4, -0.2) is 39.4 Å². The average molecular weight is 396 g/mol. The van der Waals surface area contributed by atoms with Crippen molar-refractivity contribution in [3.05, 3.63) is 76.3 Å². The summed E-state index contributed by atoms with van der Waals surface area (Å²) in [5, 5.41) is 3.84. The molecule has 1 aromatic carbocycles. The predicted octanol–water partition coefficient (Wildman–Crippen LogP) is 4.20.